The van der Waals surface area contributed by atoms with Crippen LogP contribution in [0.5, 0.6) is 5.75 Å². The van der Waals surface area contributed by atoms with Crippen molar-refractivity contribution in [1.82, 2.24) is 4.90 Å². The first kappa shape index (κ1) is 17.5. The highest BCUT2D eigenvalue weighted by Crippen LogP contribution is 2.32. The van der Waals surface area contributed by atoms with Crippen molar-refractivity contribution < 1.29 is 9.84 Å². The standard InChI is InChI=1S/C20H27NO2/c1-4-21(5-2)15-19(16-9-7-6-8-10-16)20(22)17-11-13-18(23-3)14-12-17/h6-14,19-20,22H,4-5,15H2,1-3H3/t19-,20+/m0/s1. The van der Waals surface area contributed by atoms with Crippen LogP contribution in [0.4, 0.5) is 0 Å². The van der Waals surface area contributed by atoms with E-state index in [2.05, 4.69) is 30.9 Å². The van der Waals surface area contributed by atoms with Gasteiger partial charge in [-0.3, -0.25) is 0 Å². The predicted molar refractivity (Wildman–Crippen MR) is 94.9 cm³/mol. The molecule has 0 aliphatic rings. The molecule has 3 nitrogen and oxygen atoms in total. The van der Waals surface area contributed by atoms with Gasteiger partial charge in [0.05, 0.1) is 13.2 Å². The van der Waals surface area contributed by atoms with Gasteiger partial charge in [-0.15, -0.1) is 0 Å². The molecule has 3 heteroatoms. The molecule has 1 N–H and O–H groups in total. The van der Waals surface area contributed by atoms with E-state index in [9.17, 15) is 5.11 Å². The Morgan fingerprint density at radius 3 is 2.04 bits per heavy atom. The summed E-state index contributed by atoms with van der Waals surface area (Å²) in [5, 5.41) is 11.0. The van der Waals surface area contributed by atoms with Crippen molar-refractivity contribution in [2.75, 3.05) is 26.7 Å². The number of nitrogens with zero attached hydrogens (tertiary/aromatic N) is 1. The smallest absolute Gasteiger partial charge is 0.118 e. The molecule has 0 fully saturated rings. The number of aliphatic hydroxyl groups excluding tert-OH is 1. The third-order valence-electron chi connectivity index (χ3n) is 4.42. The van der Waals surface area contributed by atoms with E-state index in [-0.39, 0.29) is 5.92 Å². The highest BCUT2D eigenvalue weighted by Gasteiger charge is 2.24. The van der Waals surface area contributed by atoms with Crippen LogP contribution in [-0.4, -0.2) is 36.8 Å². The van der Waals surface area contributed by atoms with E-state index in [0.717, 1.165) is 30.9 Å². The number of benzene rings is 2. The third-order valence-corrected chi connectivity index (χ3v) is 4.42. The van der Waals surface area contributed by atoms with Gasteiger partial charge in [0, 0.05) is 12.5 Å². The Bertz CT molecular complexity index is 564. The molecule has 23 heavy (non-hydrogen) atoms. The van der Waals surface area contributed by atoms with Crippen molar-refractivity contribution in [2.24, 2.45) is 0 Å². The first-order chi connectivity index (χ1) is 11.2. The van der Waals surface area contributed by atoms with Crippen molar-refractivity contribution in [1.29, 1.82) is 0 Å². The maximum atomic E-state index is 11.0. The summed E-state index contributed by atoms with van der Waals surface area (Å²) in [7, 11) is 1.65. The Labute approximate surface area is 139 Å². The van der Waals surface area contributed by atoms with Crippen LogP contribution in [0.1, 0.15) is 37.0 Å². The van der Waals surface area contributed by atoms with E-state index in [0.29, 0.717) is 0 Å². The molecule has 0 aliphatic carbocycles. The second-order valence-electron chi connectivity index (χ2n) is 5.72. The zero-order valence-corrected chi connectivity index (χ0v) is 14.3. The first-order valence-corrected chi connectivity index (χ1v) is 8.28. The number of aliphatic hydroxyl groups is 1. The molecule has 124 valence electrons. The van der Waals surface area contributed by atoms with E-state index < -0.39 is 6.10 Å². The van der Waals surface area contributed by atoms with Gasteiger partial charge in [-0.2, -0.15) is 0 Å². The fourth-order valence-electron chi connectivity index (χ4n) is 2.88. The fraction of sp³-hybridized carbons (Fsp3) is 0.400. The fourth-order valence-corrected chi connectivity index (χ4v) is 2.88. The van der Waals surface area contributed by atoms with Gasteiger partial charge in [0.2, 0.25) is 0 Å². The lowest BCUT2D eigenvalue weighted by Crippen LogP contribution is -2.31. The Morgan fingerprint density at radius 1 is 0.913 bits per heavy atom. The lowest BCUT2D eigenvalue weighted by atomic mass is 9.88. The quantitative estimate of drug-likeness (QED) is 0.803. The van der Waals surface area contributed by atoms with Crippen LogP contribution in [0, 0.1) is 0 Å². The summed E-state index contributed by atoms with van der Waals surface area (Å²) in [4.78, 5) is 2.35. The minimum atomic E-state index is -0.538. The minimum Gasteiger partial charge on any atom is -0.497 e. The molecule has 0 aliphatic heterocycles. The van der Waals surface area contributed by atoms with Crippen LogP contribution < -0.4 is 4.74 Å². The lowest BCUT2D eigenvalue weighted by Gasteiger charge is -2.29. The SMILES string of the molecule is CCN(CC)C[C@@H](c1ccccc1)[C@H](O)c1ccc(OC)cc1. The third kappa shape index (κ3) is 4.57. The molecule has 2 aromatic rings. The molecule has 2 atom stereocenters. The summed E-state index contributed by atoms with van der Waals surface area (Å²) >= 11 is 0. The van der Waals surface area contributed by atoms with Gasteiger partial charge in [0.25, 0.3) is 0 Å². The zero-order valence-electron chi connectivity index (χ0n) is 14.3. The molecule has 0 heterocycles. The summed E-state index contributed by atoms with van der Waals surface area (Å²) in [6.07, 6.45) is -0.538. The minimum absolute atomic E-state index is 0.0458. The topological polar surface area (TPSA) is 32.7 Å². The second-order valence-corrected chi connectivity index (χ2v) is 5.72. The van der Waals surface area contributed by atoms with Gasteiger partial charge < -0.3 is 14.7 Å². The number of rotatable bonds is 8. The average molecular weight is 313 g/mol. The molecule has 0 saturated heterocycles. The average Bonchev–Trinajstić information content (AvgIpc) is 2.63. The number of methoxy groups -OCH3 is 1. The first-order valence-electron chi connectivity index (χ1n) is 8.28. The van der Waals surface area contributed by atoms with Crippen LogP contribution in [0.2, 0.25) is 0 Å². The number of likely N-dealkylation sites (N-methyl/N-ethyl adjacent to an activating group) is 1. The molecule has 2 rings (SSSR count). The van der Waals surface area contributed by atoms with E-state index in [1.54, 1.807) is 7.11 Å². The number of hydrogen-bond acceptors (Lipinski definition) is 3. The summed E-state index contributed by atoms with van der Waals surface area (Å²) in [5.74, 6) is 0.852. The van der Waals surface area contributed by atoms with Crippen molar-refractivity contribution >= 4 is 0 Å². The lowest BCUT2D eigenvalue weighted by molar-refractivity contribution is 0.119. The maximum Gasteiger partial charge on any atom is 0.118 e. The van der Waals surface area contributed by atoms with Crippen LogP contribution in [0.25, 0.3) is 0 Å². The molecule has 2 aromatic carbocycles. The van der Waals surface area contributed by atoms with Gasteiger partial charge >= 0.3 is 0 Å². The molecule has 0 bridgehead atoms. The second kappa shape index (κ2) is 8.70. The molecular weight excluding hydrogens is 286 g/mol. The largest absolute Gasteiger partial charge is 0.497 e. The monoisotopic (exact) mass is 313 g/mol. The van der Waals surface area contributed by atoms with Crippen LogP contribution in [0.3, 0.4) is 0 Å². The maximum absolute atomic E-state index is 11.0. The summed E-state index contributed by atoms with van der Waals surface area (Å²) in [5.41, 5.74) is 2.09. The Kier molecular flexibility index (Phi) is 6.63. The van der Waals surface area contributed by atoms with E-state index in [1.807, 2.05) is 42.5 Å². The van der Waals surface area contributed by atoms with Crippen molar-refractivity contribution in [3.05, 3.63) is 65.7 Å². The van der Waals surface area contributed by atoms with Gasteiger partial charge in [0.1, 0.15) is 5.75 Å². The van der Waals surface area contributed by atoms with E-state index in [1.165, 1.54) is 5.56 Å². The summed E-state index contributed by atoms with van der Waals surface area (Å²) in [6, 6.07) is 18.0. The van der Waals surface area contributed by atoms with Crippen molar-refractivity contribution in [3.63, 3.8) is 0 Å². The van der Waals surface area contributed by atoms with Crippen molar-refractivity contribution in [3.8, 4) is 5.75 Å². The molecule has 0 aromatic heterocycles. The Balaban J connectivity index is 2.27. The van der Waals surface area contributed by atoms with Gasteiger partial charge in [-0.05, 0) is 36.3 Å². The Hall–Kier alpha value is -1.84. The highest BCUT2D eigenvalue weighted by atomic mass is 16.5. The molecular formula is C20H27NO2. The molecule has 0 unspecified atom stereocenters. The van der Waals surface area contributed by atoms with E-state index >= 15 is 0 Å². The van der Waals surface area contributed by atoms with Crippen LogP contribution in [0.15, 0.2) is 54.6 Å². The Morgan fingerprint density at radius 2 is 1.52 bits per heavy atom. The van der Waals surface area contributed by atoms with Gasteiger partial charge in [-0.1, -0.05) is 56.3 Å². The molecule has 0 radical (unpaired) electrons. The number of hydrogen-bond donors (Lipinski definition) is 1. The molecule has 0 spiro atoms. The van der Waals surface area contributed by atoms with E-state index in [4.69, 9.17) is 4.74 Å². The molecule has 0 amide bonds. The summed E-state index contributed by atoms with van der Waals surface area (Å²) in [6.45, 7) is 7.12. The summed E-state index contributed by atoms with van der Waals surface area (Å²) < 4.78 is 5.20. The van der Waals surface area contributed by atoms with Crippen LogP contribution in [-0.2, 0) is 0 Å². The predicted octanol–water partition coefficient (Wildman–Crippen LogP) is 3.85. The van der Waals surface area contributed by atoms with Gasteiger partial charge in [-0.25, -0.2) is 0 Å². The van der Waals surface area contributed by atoms with Crippen molar-refractivity contribution in [2.45, 2.75) is 25.9 Å². The zero-order chi connectivity index (χ0) is 16.7. The normalized spacial score (nSPS) is 13.8. The number of ether oxygens (including phenoxy) is 1. The molecule has 0 saturated carbocycles. The highest BCUT2D eigenvalue weighted by molar-refractivity contribution is 5.31. The van der Waals surface area contributed by atoms with Gasteiger partial charge in [0.15, 0.2) is 0 Å². The van der Waals surface area contributed by atoms with Crippen LogP contribution >= 0.6 is 0 Å².